The van der Waals surface area contributed by atoms with Crippen molar-refractivity contribution in [3.8, 4) is 11.1 Å². The lowest BCUT2D eigenvalue weighted by Crippen LogP contribution is -2.54. The van der Waals surface area contributed by atoms with Crippen molar-refractivity contribution in [2.75, 3.05) is 36.1 Å². The topological polar surface area (TPSA) is 139 Å². The Morgan fingerprint density at radius 3 is 2.80 bits per heavy atom. The number of carbonyl (C=O) groups excluding carboxylic acids is 4. The quantitative estimate of drug-likeness (QED) is 0.268. The first-order valence-electron chi connectivity index (χ1n) is 14.8. The number of nitrogens with zero attached hydrogens (tertiary/aromatic N) is 2. The van der Waals surface area contributed by atoms with Crippen molar-refractivity contribution in [3.05, 3.63) is 82.9 Å². The van der Waals surface area contributed by atoms with Crippen LogP contribution in [0, 0.1) is 5.82 Å². The van der Waals surface area contributed by atoms with Gasteiger partial charge in [-0.25, -0.2) is 14.0 Å². The minimum absolute atomic E-state index is 0.0549. The molecule has 2 aromatic carbocycles. The second kappa shape index (κ2) is 12.8. The van der Waals surface area contributed by atoms with E-state index in [4.69, 9.17) is 21.1 Å². The Morgan fingerprint density at radius 1 is 1.13 bits per heavy atom. The smallest absolute Gasteiger partial charge is 0.412 e. The molecule has 1 saturated heterocycles. The number of rotatable bonds is 2. The summed E-state index contributed by atoms with van der Waals surface area (Å²) in [5.41, 5.74) is 1.72. The van der Waals surface area contributed by atoms with Gasteiger partial charge in [0.1, 0.15) is 0 Å². The first-order chi connectivity index (χ1) is 22.2. The summed E-state index contributed by atoms with van der Waals surface area (Å²) in [6, 6.07) is 11.5. The predicted molar refractivity (Wildman–Crippen MR) is 169 cm³/mol. The molecule has 3 N–H and O–H groups in total. The molecular weight excluding hydrogens is 617 g/mol. The summed E-state index contributed by atoms with van der Waals surface area (Å²) in [7, 11) is 1.26. The van der Waals surface area contributed by atoms with Crippen LogP contribution in [0.2, 0.25) is 5.02 Å². The van der Waals surface area contributed by atoms with Crippen LogP contribution < -0.4 is 16.0 Å². The molecule has 3 aromatic rings. The summed E-state index contributed by atoms with van der Waals surface area (Å²) in [4.78, 5) is 57.8. The zero-order valence-electron chi connectivity index (χ0n) is 24.9. The highest BCUT2D eigenvalue weighted by Crippen LogP contribution is 2.46. The Kier molecular flexibility index (Phi) is 8.63. The molecule has 3 aliphatic rings. The predicted octanol–water partition coefficient (Wildman–Crippen LogP) is 6.56. The Hall–Kier alpha value is -4.97. The summed E-state index contributed by atoms with van der Waals surface area (Å²) in [6.45, 7) is 0.320. The number of nitrogens with one attached hydrogen (secondary N) is 3. The highest BCUT2D eigenvalue weighted by molar-refractivity contribution is 6.31. The van der Waals surface area contributed by atoms with Crippen LogP contribution in [0.3, 0.4) is 0 Å². The van der Waals surface area contributed by atoms with E-state index in [0.717, 1.165) is 0 Å². The fourth-order valence-corrected chi connectivity index (χ4v) is 6.42. The van der Waals surface area contributed by atoms with Gasteiger partial charge in [-0.05, 0) is 67.6 Å². The minimum Gasteiger partial charge on any atom is -0.453 e. The minimum atomic E-state index is -1.41. The molecule has 13 heteroatoms. The van der Waals surface area contributed by atoms with E-state index in [1.165, 1.54) is 19.2 Å². The lowest BCUT2D eigenvalue weighted by Gasteiger charge is -2.45. The molecule has 238 valence electrons. The zero-order chi connectivity index (χ0) is 32.4. The SMILES string of the molecule is COC(=O)Nc1ccc2c(c1)NC(=O)CC/C=C/C[C@@H](C(=O)N1CCC[C@@]3(C1)OC(=O)Nc1ccc(Cl)c(F)c13)c1cc-2ccn1. The third kappa shape index (κ3) is 6.12. The zero-order valence-corrected chi connectivity index (χ0v) is 25.7. The molecule has 4 amide bonds. The average Bonchev–Trinajstić information content (AvgIpc) is 3.04. The van der Waals surface area contributed by atoms with Gasteiger partial charge in [-0.2, -0.15) is 0 Å². The van der Waals surface area contributed by atoms with Crippen molar-refractivity contribution in [3.63, 3.8) is 0 Å². The molecule has 46 heavy (non-hydrogen) atoms. The molecule has 2 atom stereocenters. The lowest BCUT2D eigenvalue weighted by atomic mass is 9.82. The Bertz CT molecular complexity index is 1770. The van der Waals surface area contributed by atoms with Crippen molar-refractivity contribution < 1.29 is 33.0 Å². The number of halogens is 2. The number of methoxy groups -OCH3 is 1. The maximum Gasteiger partial charge on any atom is 0.412 e. The highest BCUT2D eigenvalue weighted by Gasteiger charge is 2.49. The van der Waals surface area contributed by atoms with E-state index in [-0.39, 0.29) is 41.1 Å². The molecule has 1 fully saturated rings. The second-order valence-corrected chi connectivity index (χ2v) is 11.8. The van der Waals surface area contributed by atoms with Gasteiger partial charge in [0.15, 0.2) is 11.4 Å². The number of aromatic nitrogens is 1. The third-order valence-electron chi connectivity index (χ3n) is 8.39. The molecule has 0 aliphatic carbocycles. The molecule has 0 unspecified atom stereocenters. The van der Waals surface area contributed by atoms with Gasteiger partial charge in [-0.15, -0.1) is 0 Å². The van der Waals surface area contributed by atoms with Crippen LogP contribution in [-0.4, -0.2) is 54.1 Å². The van der Waals surface area contributed by atoms with E-state index in [1.54, 1.807) is 41.4 Å². The number of allylic oxidation sites excluding steroid dienone is 2. The number of hydrogen-bond acceptors (Lipinski definition) is 7. The molecule has 0 saturated carbocycles. The number of amides is 4. The maximum atomic E-state index is 15.5. The van der Waals surface area contributed by atoms with Gasteiger partial charge in [-0.1, -0.05) is 29.8 Å². The fourth-order valence-electron chi connectivity index (χ4n) is 6.26. The van der Waals surface area contributed by atoms with E-state index in [1.807, 2.05) is 12.2 Å². The van der Waals surface area contributed by atoms with Gasteiger partial charge in [-0.3, -0.25) is 25.2 Å². The van der Waals surface area contributed by atoms with Crippen LogP contribution in [0.15, 0.2) is 60.8 Å². The van der Waals surface area contributed by atoms with Gasteiger partial charge in [0, 0.05) is 30.4 Å². The second-order valence-electron chi connectivity index (χ2n) is 11.3. The Labute approximate surface area is 269 Å². The van der Waals surface area contributed by atoms with E-state index in [9.17, 15) is 19.2 Å². The highest BCUT2D eigenvalue weighted by atomic mass is 35.5. The Balaban J connectivity index is 1.36. The number of ether oxygens (including phenoxy) is 2. The van der Waals surface area contributed by atoms with Gasteiger partial charge in [0.2, 0.25) is 11.8 Å². The summed E-state index contributed by atoms with van der Waals surface area (Å²) in [5, 5.41) is 7.97. The molecule has 11 nitrogen and oxygen atoms in total. The van der Waals surface area contributed by atoms with Crippen LogP contribution in [0.1, 0.15) is 49.3 Å². The van der Waals surface area contributed by atoms with E-state index in [2.05, 4.69) is 20.9 Å². The summed E-state index contributed by atoms with van der Waals surface area (Å²) >= 11 is 6.13. The third-order valence-corrected chi connectivity index (χ3v) is 8.68. The molecule has 6 rings (SSSR count). The van der Waals surface area contributed by atoms with Crippen LogP contribution in [0.4, 0.5) is 31.0 Å². The van der Waals surface area contributed by atoms with E-state index >= 15 is 4.39 Å². The number of benzene rings is 2. The summed E-state index contributed by atoms with van der Waals surface area (Å²) in [6.07, 6.45) is 5.62. The first kappa shape index (κ1) is 31.0. The molecular formula is C33H31ClFN5O6. The monoisotopic (exact) mass is 647 g/mol. The Morgan fingerprint density at radius 2 is 1.98 bits per heavy atom. The molecule has 1 aromatic heterocycles. The van der Waals surface area contributed by atoms with Crippen LogP contribution in [0.25, 0.3) is 11.1 Å². The van der Waals surface area contributed by atoms with Crippen molar-refractivity contribution in [1.82, 2.24) is 9.88 Å². The number of piperidine rings is 1. The number of hydrogen-bond donors (Lipinski definition) is 3. The fraction of sp³-hybridized carbons (Fsp3) is 0.303. The van der Waals surface area contributed by atoms with Crippen LogP contribution >= 0.6 is 11.6 Å². The molecule has 1 spiro atoms. The van der Waals surface area contributed by atoms with Crippen LogP contribution in [0.5, 0.6) is 0 Å². The lowest BCUT2D eigenvalue weighted by molar-refractivity contribution is -0.141. The molecule has 3 aliphatic heterocycles. The molecule has 4 heterocycles. The van der Waals surface area contributed by atoms with Crippen molar-refractivity contribution in [2.45, 2.75) is 43.6 Å². The van der Waals surface area contributed by atoms with Gasteiger partial charge < -0.3 is 19.7 Å². The van der Waals surface area contributed by atoms with Gasteiger partial charge >= 0.3 is 12.2 Å². The maximum absolute atomic E-state index is 15.5. The van der Waals surface area contributed by atoms with E-state index < -0.39 is 29.5 Å². The van der Waals surface area contributed by atoms with Gasteiger partial charge in [0.25, 0.3) is 0 Å². The average molecular weight is 648 g/mol. The standard InChI is InChI=1S/C33H31ClFN5O6/c1-45-31(43)37-20-8-9-21-19-12-14-36-25(16-19)22(6-3-2-4-7-27(41)38-26(21)17-20)30(42)40-15-5-13-33(18-40)28-24(39-32(44)46-33)11-10-23(34)29(28)35/h2-3,8-12,14,16-17,22H,4-7,13,15,18H2,1H3,(H,37,43)(H,38,41)(H,39,44)/b3-2+/t22-,33+/m1/s1. The van der Waals surface area contributed by atoms with Crippen molar-refractivity contribution in [1.29, 1.82) is 0 Å². The van der Waals surface area contributed by atoms with E-state index in [0.29, 0.717) is 60.4 Å². The van der Waals surface area contributed by atoms with Crippen molar-refractivity contribution >= 4 is 52.7 Å². The van der Waals surface area contributed by atoms with Gasteiger partial charge in [0.05, 0.1) is 47.2 Å². The molecule has 0 radical (unpaired) electrons. The number of pyridine rings is 1. The molecule has 2 bridgehead atoms. The van der Waals surface area contributed by atoms with Crippen molar-refractivity contribution in [2.24, 2.45) is 0 Å². The normalized spacial score (nSPS) is 21.5. The largest absolute Gasteiger partial charge is 0.453 e. The summed E-state index contributed by atoms with van der Waals surface area (Å²) < 4.78 is 25.9. The number of fused-ring (bicyclic) bond motifs is 6. The number of anilines is 3. The first-order valence-corrected chi connectivity index (χ1v) is 15.2. The van der Waals surface area contributed by atoms with Crippen LogP contribution in [-0.2, 0) is 24.7 Å². The number of carbonyl (C=O) groups is 4. The number of likely N-dealkylation sites (tertiary alicyclic amines) is 1. The summed E-state index contributed by atoms with van der Waals surface area (Å²) in [5.74, 6) is -1.89.